The molecule has 0 nitrogen and oxygen atoms in total. The van der Waals surface area contributed by atoms with Crippen molar-refractivity contribution in [1.29, 1.82) is 0 Å². The van der Waals surface area contributed by atoms with Crippen molar-refractivity contribution < 1.29 is 0 Å². The summed E-state index contributed by atoms with van der Waals surface area (Å²) in [5, 5.41) is 0. The number of rotatable bonds is 2. The molecule has 0 bridgehead atoms. The van der Waals surface area contributed by atoms with E-state index in [0.717, 1.165) is 0 Å². The number of hydrogen-bond donors (Lipinski definition) is 0. The van der Waals surface area contributed by atoms with Crippen LogP contribution in [-0.4, -0.2) is 0 Å². The van der Waals surface area contributed by atoms with Crippen LogP contribution in [-0.2, 0) is 6.42 Å². The summed E-state index contributed by atoms with van der Waals surface area (Å²) < 4.78 is 0. The van der Waals surface area contributed by atoms with Crippen LogP contribution in [0.3, 0.4) is 0 Å². The van der Waals surface area contributed by atoms with Crippen molar-refractivity contribution in [2.45, 2.75) is 53.9 Å². The largest absolute Gasteiger partial charge is 0.145 e. The Labute approximate surface area is 87.0 Å². The Bertz CT molecular complexity index is 233. The van der Waals surface area contributed by atoms with E-state index in [9.17, 15) is 0 Å². The SMILES string of the molecule is CC.CCc1cc(C)sc1C(C)C. The molecule has 0 unspecified atom stereocenters. The molecule has 0 aromatic carbocycles. The summed E-state index contributed by atoms with van der Waals surface area (Å²) in [7, 11) is 0. The van der Waals surface area contributed by atoms with Gasteiger partial charge in [-0.05, 0) is 30.9 Å². The highest BCUT2D eigenvalue weighted by Crippen LogP contribution is 2.28. The van der Waals surface area contributed by atoms with E-state index < -0.39 is 0 Å². The highest BCUT2D eigenvalue weighted by atomic mass is 32.1. The first kappa shape index (κ1) is 12.7. The van der Waals surface area contributed by atoms with Gasteiger partial charge >= 0.3 is 0 Å². The lowest BCUT2D eigenvalue weighted by Crippen LogP contribution is -1.87. The molecule has 1 heteroatoms. The average molecular weight is 198 g/mol. The molecule has 0 aliphatic heterocycles. The molecule has 0 aliphatic rings. The van der Waals surface area contributed by atoms with Gasteiger partial charge in [0.05, 0.1) is 0 Å². The fourth-order valence-electron chi connectivity index (χ4n) is 1.35. The maximum absolute atomic E-state index is 2.32. The van der Waals surface area contributed by atoms with Crippen LogP contribution in [0.1, 0.15) is 55.9 Å². The van der Waals surface area contributed by atoms with Gasteiger partial charge in [-0.3, -0.25) is 0 Å². The predicted molar refractivity (Wildman–Crippen MR) is 63.9 cm³/mol. The highest BCUT2D eigenvalue weighted by Gasteiger charge is 2.07. The molecular formula is C12H22S. The van der Waals surface area contributed by atoms with E-state index in [2.05, 4.69) is 33.8 Å². The first-order valence-corrected chi connectivity index (χ1v) is 6.06. The zero-order valence-corrected chi connectivity index (χ0v) is 10.6. The van der Waals surface area contributed by atoms with Crippen LogP contribution in [0.25, 0.3) is 0 Å². The van der Waals surface area contributed by atoms with Gasteiger partial charge in [-0.15, -0.1) is 11.3 Å². The lowest BCUT2D eigenvalue weighted by Gasteiger charge is -2.03. The van der Waals surface area contributed by atoms with E-state index in [0.29, 0.717) is 5.92 Å². The van der Waals surface area contributed by atoms with Gasteiger partial charge in [-0.25, -0.2) is 0 Å². The van der Waals surface area contributed by atoms with Gasteiger partial charge in [0.2, 0.25) is 0 Å². The zero-order valence-electron chi connectivity index (χ0n) is 9.77. The standard InChI is InChI=1S/C10H16S.C2H6/c1-5-9-6-8(4)11-10(9)7(2)3;1-2/h6-7H,5H2,1-4H3;1-2H3. The molecule has 1 aromatic heterocycles. The smallest absolute Gasteiger partial charge is 0.0105 e. The molecule has 1 heterocycles. The van der Waals surface area contributed by atoms with Gasteiger partial charge in [0, 0.05) is 9.75 Å². The minimum Gasteiger partial charge on any atom is -0.145 e. The van der Waals surface area contributed by atoms with Crippen molar-refractivity contribution >= 4 is 11.3 Å². The van der Waals surface area contributed by atoms with E-state index in [4.69, 9.17) is 0 Å². The van der Waals surface area contributed by atoms with Crippen LogP contribution in [0.4, 0.5) is 0 Å². The van der Waals surface area contributed by atoms with E-state index in [-0.39, 0.29) is 0 Å². The van der Waals surface area contributed by atoms with Crippen LogP contribution >= 0.6 is 11.3 Å². The van der Waals surface area contributed by atoms with E-state index >= 15 is 0 Å². The zero-order chi connectivity index (χ0) is 10.4. The molecule has 0 aliphatic carbocycles. The summed E-state index contributed by atoms with van der Waals surface area (Å²) in [6, 6.07) is 2.32. The molecule has 0 N–H and O–H groups in total. The Hall–Kier alpha value is -0.300. The third kappa shape index (κ3) is 3.51. The summed E-state index contributed by atoms with van der Waals surface area (Å²) in [5.74, 6) is 0.698. The monoisotopic (exact) mass is 198 g/mol. The normalized spacial score (nSPS) is 9.77. The Balaban J connectivity index is 0.000000671. The van der Waals surface area contributed by atoms with Crippen molar-refractivity contribution in [2.24, 2.45) is 0 Å². The number of aryl methyl sites for hydroxylation is 2. The topological polar surface area (TPSA) is 0 Å². The van der Waals surface area contributed by atoms with Crippen molar-refractivity contribution in [1.82, 2.24) is 0 Å². The summed E-state index contributed by atoms with van der Waals surface area (Å²) in [4.78, 5) is 3.02. The molecule has 0 fully saturated rings. The Morgan fingerprint density at radius 1 is 1.31 bits per heavy atom. The second-order valence-corrected chi connectivity index (χ2v) is 4.54. The second kappa shape index (κ2) is 6.20. The van der Waals surface area contributed by atoms with Crippen molar-refractivity contribution in [3.05, 3.63) is 21.4 Å². The quantitative estimate of drug-likeness (QED) is 0.642. The summed E-state index contributed by atoms with van der Waals surface area (Å²) in [5.41, 5.74) is 1.54. The van der Waals surface area contributed by atoms with Gasteiger partial charge in [-0.1, -0.05) is 34.6 Å². The molecule has 1 rings (SSSR count). The van der Waals surface area contributed by atoms with E-state index in [1.165, 1.54) is 11.3 Å². The lowest BCUT2D eigenvalue weighted by molar-refractivity contribution is 0.870. The number of hydrogen-bond acceptors (Lipinski definition) is 1. The van der Waals surface area contributed by atoms with Crippen LogP contribution < -0.4 is 0 Å². The third-order valence-corrected chi connectivity index (χ3v) is 3.26. The molecule has 1 aromatic rings. The van der Waals surface area contributed by atoms with Gasteiger partial charge < -0.3 is 0 Å². The second-order valence-electron chi connectivity index (χ2n) is 3.25. The summed E-state index contributed by atoms with van der Waals surface area (Å²) >= 11 is 1.95. The molecule has 0 radical (unpaired) electrons. The molecule has 0 atom stereocenters. The van der Waals surface area contributed by atoms with E-state index in [1.807, 2.05) is 25.2 Å². The highest BCUT2D eigenvalue weighted by molar-refractivity contribution is 7.12. The lowest BCUT2D eigenvalue weighted by atomic mass is 10.1. The molecule has 0 amide bonds. The minimum atomic E-state index is 0.698. The van der Waals surface area contributed by atoms with Gasteiger partial charge in [0.15, 0.2) is 0 Å². The average Bonchev–Trinajstić information content (AvgIpc) is 2.50. The van der Waals surface area contributed by atoms with Crippen molar-refractivity contribution in [2.75, 3.05) is 0 Å². The molecule has 0 saturated carbocycles. The first-order valence-electron chi connectivity index (χ1n) is 5.24. The van der Waals surface area contributed by atoms with Gasteiger partial charge in [-0.2, -0.15) is 0 Å². The van der Waals surface area contributed by atoms with E-state index in [1.54, 1.807) is 10.4 Å². The molecule has 76 valence electrons. The van der Waals surface area contributed by atoms with Gasteiger partial charge in [0.1, 0.15) is 0 Å². The summed E-state index contributed by atoms with van der Waals surface area (Å²) in [6.45, 7) is 13.0. The predicted octanol–water partition coefficient (Wildman–Crippen LogP) is 4.77. The maximum Gasteiger partial charge on any atom is 0.0105 e. The van der Waals surface area contributed by atoms with Crippen LogP contribution in [0.15, 0.2) is 6.07 Å². The Kier molecular flexibility index (Phi) is 6.06. The summed E-state index contributed by atoms with van der Waals surface area (Å²) in [6.07, 6.45) is 1.18. The van der Waals surface area contributed by atoms with Crippen LogP contribution in [0, 0.1) is 6.92 Å². The molecule has 0 saturated heterocycles. The first-order chi connectivity index (χ1) is 6.15. The molecule has 13 heavy (non-hydrogen) atoms. The minimum absolute atomic E-state index is 0.698. The van der Waals surface area contributed by atoms with Crippen molar-refractivity contribution in [3.63, 3.8) is 0 Å². The van der Waals surface area contributed by atoms with Crippen molar-refractivity contribution in [3.8, 4) is 0 Å². The number of thiophene rings is 1. The van der Waals surface area contributed by atoms with Gasteiger partial charge in [0.25, 0.3) is 0 Å². The van der Waals surface area contributed by atoms with Crippen LogP contribution in [0.2, 0.25) is 0 Å². The molecule has 0 spiro atoms. The third-order valence-electron chi connectivity index (χ3n) is 1.87. The Morgan fingerprint density at radius 3 is 2.15 bits per heavy atom. The molecular weight excluding hydrogens is 176 g/mol. The Morgan fingerprint density at radius 2 is 1.85 bits per heavy atom. The fourth-order valence-corrected chi connectivity index (χ4v) is 2.47. The van der Waals surface area contributed by atoms with Crippen LogP contribution in [0.5, 0.6) is 0 Å². The maximum atomic E-state index is 2.32. The fraction of sp³-hybridized carbons (Fsp3) is 0.667.